The van der Waals surface area contributed by atoms with Gasteiger partial charge in [-0.25, -0.2) is 8.78 Å². The summed E-state index contributed by atoms with van der Waals surface area (Å²) in [6.07, 6.45) is -0.427. The summed E-state index contributed by atoms with van der Waals surface area (Å²) in [4.78, 5) is 2.10. The van der Waals surface area contributed by atoms with Gasteiger partial charge in [0.05, 0.1) is 19.8 Å². The predicted molar refractivity (Wildman–Crippen MR) is 71.8 cm³/mol. The van der Waals surface area contributed by atoms with Gasteiger partial charge in [0.2, 0.25) is 11.6 Å². The topological polar surface area (TPSA) is 40.2 Å². The smallest absolute Gasteiger partial charge is 0.483 e. The minimum absolute atomic E-state index is 0.122. The SMILES string of the molecule is Fc1cc(F)c(F)c(OC[Si]23OCCN(CCO2)CCO3)c1F. The van der Waals surface area contributed by atoms with Crippen molar-refractivity contribution < 1.29 is 35.6 Å². The van der Waals surface area contributed by atoms with E-state index in [0.717, 1.165) is 0 Å². The van der Waals surface area contributed by atoms with Gasteiger partial charge in [-0.3, -0.25) is 4.90 Å². The molecule has 0 aliphatic carbocycles. The highest BCUT2D eigenvalue weighted by molar-refractivity contribution is 6.60. The van der Waals surface area contributed by atoms with E-state index in [9.17, 15) is 17.6 Å². The first-order valence-corrected chi connectivity index (χ1v) is 9.04. The van der Waals surface area contributed by atoms with Crippen LogP contribution in [0.3, 0.4) is 0 Å². The van der Waals surface area contributed by atoms with Crippen LogP contribution < -0.4 is 4.74 Å². The largest absolute Gasteiger partial charge is 0.540 e. The maximum Gasteiger partial charge on any atom is 0.540 e. The summed E-state index contributed by atoms with van der Waals surface area (Å²) in [7, 11) is -3.32. The van der Waals surface area contributed by atoms with Crippen LogP contribution in [0.1, 0.15) is 0 Å². The molecule has 0 saturated carbocycles. The molecule has 3 heterocycles. The van der Waals surface area contributed by atoms with Crippen LogP contribution in [0.4, 0.5) is 17.6 Å². The van der Waals surface area contributed by atoms with Crippen molar-refractivity contribution in [2.45, 2.75) is 0 Å². The average molecular weight is 353 g/mol. The van der Waals surface area contributed by atoms with E-state index in [1.54, 1.807) is 0 Å². The number of fused-ring (bicyclic) bond motifs is 6. The van der Waals surface area contributed by atoms with Gasteiger partial charge in [-0.15, -0.1) is 0 Å². The Kier molecular flexibility index (Phi) is 4.87. The lowest BCUT2D eigenvalue weighted by molar-refractivity contribution is -0.0181. The third kappa shape index (κ3) is 3.50. The number of benzene rings is 1. The molecule has 0 N–H and O–H groups in total. The Hall–Kier alpha value is -1.20. The lowest BCUT2D eigenvalue weighted by Gasteiger charge is -2.37. The number of rotatable bonds is 3. The van der Waals surface area contributed by atoms with Crippen LogP contribution in [0.25, 0.3) is 0 Å². The molecule has 5 nitrogen and oxygen atoms in total. The summed E-state index contributed by atoms with van der Waals surface area (Å²) in [6.45, 7) is 2.99. The highest BCUT2D eigenvalue weighted by atomic mass is 28.4. The fourth-order valence-electron chi connectivity index (χ4n) is 2.41. The lowest BCUT2D eigenvalue weighted by Crippen LogP contribution is -2.58. The van der Waals surface area contributed by atoms with Crippen molar-refractivity contribution in [1.82, 2.24) is 4.90 Å². The van der Waals surface area contributed by atoms with Crippen molar-refractivity contribution in [3.8, 4) is 5.75 Å². The molecular formula is C13H15F4NO4Si. The van der Waals surface area contributed by atoms with Crippen LogP contribution in [0, 0.1) is 23.3 Å². The number of hydrogen-bond acceptors (Lipinski definition) is 5. The minimum Gasteiger partial charge on any atom is -0.483 e. The molecule has 2 bridgehead atoms. The van der Waals surface area contributed by atoms with E-state index in [4.69, 9.17) is 18.0 Å². The molecule has 0 unspecified atom stereocenters. The van der Waals surface area contributed by atoms with Gasteiger partial charge >= 0.3 is 8.80 Å². The third-order valence-corrected chi connectivity index (χ3v) is 6.08. The molecular weight excluding hydrogens is 338 g/mol. The molecule has 3 saturated heterocycles. The molecule has 23 heavy (non-hydrogen) atoms. The van der Waals surface area contributed by atoms with E-state index >= 15 is 0 Å². The lowest BCUT2D eigenvalue weighted by atomic mass is 10.3. The first-order valence-electron chi connectivity index (χ1n) is 7.11. The molecule has 3 aliphatic heterocycles. The van der Waals surface area contributed by atoms with Crippen LogP contribution >= 0.6 is 0 Å². The highest BCUT2D eigenvalue weighted by Crippen LogP contribution is 2.28. The number of nitrogens with zero attached hydrogens (tertiary/aromatic N) is 1. The Morgan fingerprint density at radius 3 is 1.87 bits per heavy atom. The molecule has 3 fully saturated rings. The minimum atomic E-state index is -3.32. The number of ether oxygens (including phenoxy) is 1. The zero-order valence-electron chi connectivity index (χ0n) is 12.1. The summed E-state index contributed by atoms with van der Waals surface area (Å²) in [5.74, 6) is -7.40. The second-order valence-electron chi connectivity index (χ2n) is 5.16. The van der Waals surface area contributed by atoms with Crippen molar-refractivity contribution in [2.24, 2.45) is 0 Å². The van der Waals surface area contributed by atoms with E-state index in [1.165, 1.54) is 0 Å². The molecule has 0 amide bonds. The van der Waals surface area contributed by atoms with Crippen molar-refractivity contribution in [3.05, 3.63) is 29.3 Å². The highest BCUT2D eigenvalue weighted by Gasteiger charge is 2.46. The maximum absolute atomic E-state index is 13.6. The molecule has 0 spiro atoms. The summed E-state index contributed by atoms with van der Waals surface area (Å²) < 4.78 is 75.5. The van der Waals surface area contributed by atoms with Crippen molar-refractivity contribution in [2.75, 3.05) is 45.7 Å². The fraction of sp³-hybridized carbons (Fsp3) is 0.538. The van der Waals surface area contributed by atoms with Gasteiger partial charge in [0.1, 0.15) is 0 Å². The Morgan fingerprint density at radius 1 is 0.913 bits per heavy atom. The van der Waals surface area contributed by atoms with E-state index in [0.29, 0.717) is 39.5 Å². The molecule has 3 aliphatic rings. The Labute approximate surface area is 131 Å². The molecule has 128 valence electrons. The van der Waals surface area contributed by atoms with Crippen LogP contribution in [0.5, 0.6) is 5.75 Å². The monoisotopic (exact) mass is 353 g/mol. The first kappa shape index (κ1) is 16.6. The van der Waals surface area contributed by atoms with Crippen LogP contribution in [-0.4, -0.2) is 59.4 Å². The zero-order valence-corrected chi connectivity index (χ0v) is 13.1. The van der Waals surface area contributed by atoms with Crippen LogP contribution in [0.2, 0.25) is 0 Å². The third-order valence-electron chi connectivity index (χ3n) is 3.65. The first-order chi connectivity index (χ1) is 11.0. The van der Waals surface area contributed by atoms with Gasteiger partial charge < -0.3 is 18.0 Å². The van der Waals surface area contributed by atoms with Crippen LogP contribution in [-0.2, 0) is 13.3 Å². The summed E-state index contributed by atoms with van der Waals surface area (Å²) in [5, 5.41) is 0. The van der Waals surface area contributed by atoms with Gasteiger partial charge in [0, 0.05) is 25.7 Å². The second kappa shape index (κ2) is 6.73. The van der Waals surface area contributed by atoms with E-state index < -0.39 is 44.1 Å². The van der Waals surface area contributed by atoms with E-state index in [2.05, 4.69) is 4.90 Å². The Bertz CT molecular complexity index is 539. The van der Waals surface area contributed by atoms with Crippen molar-refractivity contribution in [1.29, 1.82) is 0 Å². The quantitative estimate of drug-likeness (QED) is 0.468. The summed E-state index contributed by atoms with van der Waals surface area (Å²) in [6, 6.07) is 0.122. The van der Waals surface area contributed by atoms with Gasteiger partial charge in [0.25, 0.3) is 0 Å². The van der Waals surface area contributed by atoms with Crippen molar-refractivity contribution in [3.63, 3.8) is 0 Å². The molecule has 1 aromatic carbocycles. The Balaban J connectivity index is 1.78. The molecule has 0 atom stereocenters. The zero-order chi connectivity index (χ0) is 16.4. The van der Waals surface area contributed by atoms with Gasteiger partial charge in [-0.2, -0.15) is 8.78 Å². The standard InChI is InChI=1S/C13H15F4NO4Si/c14-9-7-10(15)12(17)13(11(9)16)19-8-23-20-4-1-18(2-5-21-23)3-6-22-23/h7H,1-6,8H2. The van der Waals surface area contributed by atoms with E-state index in [1.807, 2.05) is 0 Å². The Morgan fingerprint density at radius 2 is 1.39 bits per heavy atom. The van der Waals surface area contributed by atoms with Crippen molar-refractivity contribution >= 4 is 8.80 Å². The molecule has 0 radical (unpaired) electrons. The van der Waals surface area contributed by atoms with Gasteiger partial charge in [-0.1, -0.05) is 0 Å². The summed E-state index contributed by atoms with van der Waals surface area (Å²) in [5.41, 5.74) is 0. The average Bonchev–Trinajstić information content (AvgIpc) is 2.45. The normalized spacial score (nSPS) is 28.1. The molecule has 4 rings (SSSR count). The fourth-order valence-corrected chi connectivity index (χ4v) is 4.44. The predicted octanol–water partition coefficient (Wildman–Crippen LogP) is 1.48. The molecule has 0 aromatic heterocycles. The molecule has 10 heteroatoms. The van der Waals surface area contributed by atoms with Gasteiger partial charge in [-0.05, 0) is 0 Å². The molecule has 1 aromatic rings. The summed E-state index contributed by atoms with van der Waals surface area (Å²) >= 11 is 0. The maximum atomic E-state index is 13.6. The number of halogens is 4. The van der Waals surface area contributed by atoms with E-state index in [-0.39, 0.29) is 6.07 Å². The van der Waals surface area contributed by atoms with Crippen LogP contribution in [0.15, 0.2) is 6.07 Å². The van der Waals surface area contributed by atoms with Gasteiger partial charge in [0.15, 0.2) is 23.6 Å². The number of hydrogen-bond donors (Lipinski definition) is 0. The second-order valence-corrected chi connectivity index (χ2v) is 7.68.